The summed E-state index contributed by atoms with van der Waals surface area (Å²) in [5.74, 6) is 1.29. The van der Waals surface area contributed by atoms with E-state index in [1.807, 2.05) is 0 Å². The van der Waals surface area contributed by atoms with Gasteiger partial charge in [-0.15, -0.1) is 0 Å². The number of hydrogen-bond acceptors (Lipinski definition) is 5. The quantitative estimate of drug-likeness (QED) is 0.654. The SMILES string of the molecule is Cc1nc([N+](=O)[O-])nn1C12CC3CC(CC(O)(C3)C1)C2. The summed E-state index contributed by atoms with van der Waals surface area (Å²) in [6.45, 7) is 1.77. The van der Waals surface area contributed by atoms with Crippen LogP contribution in [0.2, 0.25) is 0 Å². The molecule has 1 aromatic heterocycles. The molecule has 7 nitrogen and oxygen atoms in total. The highest BCUT2D eigenvalue weighted by Crippen LogP contribution is 2.60. The lowest BCUT2D eigenvalue weighted by atomic mass is 9.51. The molecule has 2 atom stereocenters. The van der Waals surface area contributed by atoms with Crippen molar-refractivity contribution in [2.75, 3.05) is 0 Å². The van der Waals surface area contributed by atoms with Gasteiger partial charge in [-0.3, -0.25) is 0 Å². The second-order valence-corrected chi connectivity index (χ2v) is 7.04. The minimum absolute atomic E-state index is 0.260. The Balaban J connectivity index is 1.79. The smallest absolute Gasteiger partial charge is 0.390 e. The van der Waals surface area contributed by atoms with Gasteiger partial charge >= 0.3 is 5.95 Å². The van der Waals surface area contributed by atoms with E-state index in [4.69, 9.17) is 0 Å². The van der Waals surface area contributed by atoms with Crippen LogP contribution < -0.4 is 0 Å². The Kier molecular flexibility index (Phi) is 2.19. The number of hydrogen-bond donors (Lipinski definition) is 1. The van der Waals surface area contributed by atoms with Gasteiger partial charge in [0.15, 0.2) is 0 Å². The van der Waals surface area contributed by atoms with Crippen LogP contribution in [0.4, 0.5) is 5.95 Å². The summed E-state index contributed by atoms with van der Waals surface area (Å²) in [5, 5.41) is 25.7. The van der Waals surface area contributed by atoms with Crippen LogP contribution in [0.15, 0.2) is 0 Å². The van der Waals surface area contributed by atoms with Gasteiger partial charge in [-0.2, -0.15) is 4.68 Å². The van der Waals surface area contributed by atoms with Crippen LogP contribution in [0.1, 0.15) is 44.3 Å². The van der Waals surface area contributed by atoms with Crippen LogP contribution in [0.3, 0.4) is 0 Å². The van der Waals surface area contributed by atoms with Crippen molar-refractivity contribution in [3.05, 3.63) is 15.9 Å². The summed E-state index contributed by atoms with van der Waals surface area (Å²) in [6.07, 6.45) is 5.52. The Morgan fingerprint density at radius 3 is 2.50 bits per heavy atom. The van der Waals surface area contributed by atoms with E-state index in [-0.39, 0.29) is 11.5 Å². The first-order valence-corrected chi connectivity index (χ1v) is 7.20. The topological polar surface area (TPSA) is 94.1 Å². The van der Waals surface area contributed by atoms with E-state index in [9.17, 15) is 15.2 Å². The number of aliphatic hydroxyl groups is 1. The fourth-order valence-electron chi connectivity index (χ4n) is 5.32. The van der Waals surface area contributed by atoms with Gasteiger partial charge in [-0.1, -0.05) is 0 Å². The summed E-state index contributed by atoms with van der Waals surface area (Å²) in [6, 6.07) is 0. The van der Waals surface area contributed by atoms with Gasteiger partial charge in [0, 0.05) is 18.4 Å². The summed E-state index contributed by atoms with van der Waals surface area (Å²) >= 11 is 0. The van der Waals surface area contributed by atoms with Gasteiger partial charge in [-0.05, 0) is 53.8 Å². The molecular weight excluding hydrogens is 260 g/mol. The second kappa shape index (κ2) is 3.58. The van der Waals surface area contributed by atoms with Crippen molar-refractivity contribution >= 4 is 5.95 Å². The fraction of sp³-hybridized carbons (Fsp3) is 0.846. The number of aromatic nitrogens is 3. The molecule has 0 spiro atoms. The van der Waals surface area contributed by atoms with E-state index >= 15 is 0 Å². The third kappa shape index (κ3) is 1.55. The van der Waals surface area contributed by atoms with E-state index in [1.165, 1.54) is 6.42 Å². The summed E-state index contributed by atoms with van der Waals surface area (Å²) in [5.41, 5.74) is -0.860. The lowest BCUT2D eigenvalue weighted by Crippen LogP contribution is -2.60. The van der Waals surface area contributed by atoms with Crippen molar-refractivity contribution in [1.82, 2.24) is 14.8 Å². The van der Waals surface area contributed by atoms with Crippen LogP contribution in [-0.2, 0) is 5.54 Å². The monoisotopic (exact) mass is 278 g/mol. The van der Waals surface area contributed by atoms with Crippen molar-refractivity contribution < 1.29 is 10.0 Å². The van der Waals surface area contributed by atoms with Crippen molar-refractivity contribution in [2.24, 2.45) is 11.8 Å². The van der Waals surface area contributed by atoms with Crippen molar-refractivity contribution in [1.29, 1.82) is 0 Å². The summed E-state index contributed by atoms with van der Waals surface area (Å²) in [7, 11) is 0. The second-order valence-electron chi connectivity index (χ2n) is 7.04. The largest absolute Gasteiger partial charge is 0.491 e. The van der Waals surface area contributed by atoms with Gasteiger partial charge in [0.2, 0.25) is 5.82 Å². The Labute approximate surface area is 116 Å². The van der Waals surface area contributed by atoms with Crippen LogP contribution in [0.25, 0.3) is 0 Å². The number of rotatable bonds is 2. The first-order valence-electron chi connectivity index (χ1n) is 7.20. The number of nitro groups is 1. The molecule has 0 aliphatic heterocycles. The third-order valence-corrected chi connectivity index (χ3v) is 5.37. The molecule has 1 N–H and O–H groups in total. The maximum Gasteiger partial charge on any atom is 0.491 e. The summed E-state index contributed by atoms with van der Waals surface area (Å²) in [4.78, 5) is 14.3. The first-order chi connectivity index (χ1) is 9.39. The zero-order valence-corrected chi connectivity index (χ0v) is 11.4. The zero-order chi connectivity index (χ0) is 14.1. The molecule has 20 heavy (non-hydrogen) atoms. The van der Waals surface area contributed by atoms with Crippen LogP contribution >= 0.6 is 0 Å². The molecule has 1 heterocycles. The normalized spacial score (nSPS) is 42.1. The molecule has 4 aliphatic rings. The average Bonchev–Trinajstić information content (AvgIpc) is 2.68. The first kappa shape index (κ1) is 12.3. The molecule has 0 amide bonds. The molecule has 2 unspecified atom stereocenters. The standard InChI is InChI=1S/C13H18N4O3/c1-8-14-11(17(19)20)15-16(8)12-3-9-2-10(4-12)6-13(18,5-9)7-12/h9-10,18H,2-7H2,1H3. The molecule has 0 radical (unpaired) electrons. The number of nitrogens with zero attached hydrogens (tertiary/aromatic N) is 4. The van der Waals surface area contributed by atoms with Crippen LogP contribution in [0.5, 0.6) is 0 Å². The van der Waals surface area contributed by atoms with Crippen molar-refractivity contribution in [2.45, 2.75) is 56.6 Å². The maximum absolute atomic E-state index is 10.9. The minimum Gasteiger partial charge on any atom is -0.390 e. The van der Waals surface area contributed by atoms with E-state index < -0.39 is 10.5 Å². The molecule has 0 saturated heterocycles. The Morgan fingerprint density at radius 2 is 2.00 bits per heavy atom. The molecule has 108 valence electrons. The average molecular weight is 278 g/mol. The molecule has 4 aliphatic carbocycles. The molecule has 5 rings (SSSR count). The van der Waals surface area contributed by atoms with Crippen LogP contribution in [0, 0.1) is 28.9 Å². The van der Waals surface area contributed by atoms with Gasteiger partial charge < -0.3 is 15.2 Å². The minimum atomic E-state index is -0.600. The van der Waals surface area contributed by atoms with Crippen molar-refractivity contribution in [3.8, 4) is 0 Å². The van der Waals surface area contributed by atoms with E-state index in [2.05, 4.69) is 10.1 Å². The Bertz CT molecular complexity index is 582. The highest BCUT2D eigenvalue weighted by atomic mass is 16.6. The summed E-state index contributed by atoms with van der Waals surface area (Å²) < 4.78 is 1.74. The Morgan fingerprint density at radius 1 is 1.35 bits per heavy atom. The lowest BCUT2D eigenvalue weighted by molar-refractivity contribution is -0.394. The molecular formula is C13H18N4O3. The van der Waals surface area contributed by atoms with E-state index in [1.54, 1.807) is 11.6 Å². The van der Waals surface area contributed by atoms with Gasteiger partial charge in [0.25, 0.3) is 0 Å². The zero-order valence-electron chi connectivity index (χ0n) is 11.4. The van der Waals surface area contributed by atoms with Gasteiger partial charge in [0.1, 0.15) is 0 Å². The molecule has 1 aromatic rings. The highest BCUT2D eigenvalue weighted by Gasteiger charge is 2.60. The predicted molar refractivity (Wildman–Crippen MR) is 69.0 cm³/mol. The lowest BCUT2D eigenvalue weighted by Gasteiger charge is -2.59. The number of aryl methyl sites for hydroxylation is 1. The highest BCUT2D eigenvalue weighted by molar-refractivity contribution is 5.14. The molecule has 4 fully saturated rings. The molecule has 0 aromatic carbocycles. The predicted octanol–water partition coefficient (Wildman–Crippen LogP) is 1.53. The Hall–Kier alpha value is -1.50. The molecule has 4 bridgehead atoms. The maximum atomic E-state index is 10.9. The van der Waals surface area contributed by atoms with Crippen LogP contribution in [-0.4, -0.2) is 30.4 Å². The van der Waals surface area contributed by atoms with Gasteiger partial charge in [0.05, 0.1) is 11.1 Å². The fourth-order valence-corrected chi connectivity index (χ4v) is 5.32. The van der Waals surface area contributed by atoms with E-state index in [0.717, 1.165) is 25.7 Å². The third-order valence-electron chi connectivity index (χ3n) is 5.37. The molecule has 7 heteroatoms. The van der Waals surface area contributed by atoms with Gasteiger partial charge in [-0.25, -0.2) is 0 Å². The van der Waals surface area contributed by atoms with Crippen molar-refractivity contribution in [3.63, 3.8) is 0 Å². The molecule has 4 saturated carbocycles. The van der Waals surface area contributed by atoms with E-state index in [0.29, 0.717) is 24.1 Å².